The highest BCUT2D eigenvalue weighted by molar-refractivity contribution is 8.00. The van der Waals surface area contributed by atoms with Gasteiger partial charge in [-0.05, 0) is 37.6 Å². The van der Waals surface area contributed by atoms with E-state index in [1.54, 1.807) is 43.1 Å². The van der Waals surface area contributed by atoms with Crippen LogP contribution in [0.2, 0.25) is 0 Å². The molecule has 0 bridgehead atoms. The number of aliphatic carboxylic acids is 1. The van der Waals surface area contributed by atoms with Gasteiger partial charge in [0.15, 0.2) is 0 Å². The Morgan fingerprint density at radius 2 is 1.78 bits per heavy atom. The van der Waals surface area contributed by atoms with Gasteiger partial charge in [-0.1, -0.05) is 69.3 Å². The highest BCUT2D eigenvalue weighted by Crippen LogP contribution is 2.43. The van der Waals surface area contributed by atoms with Crippen molar-refractivity contribution in [2.24, 2.45) is 5.41 Å². The number of ether oxygens (including phenoxy) is 1. The normalized spacial score (nSPS) is 12.2. The van der Waals surface area contributed by atoms with Gasteiger partial charge < -0.3 is 14.4 Å². The summed E-state index contributed by atoms with van der Waals surface area (Å²) in [6.07, 6.45) is 3.92. The van der Waals surface area contributed by atoms with E-state index in [-0.39, 0.29) is 4.75 Å². The van der Waals surface area contributed by atoms with Crippen molar-refractivity contribution < 1.29 is 14.6 Å². The second-order valence-electron chi connectivity index (χ2n) is 12.8. The topological polar surface area (TPSA) is 90.1 Å². The Morgan fingerprint density at radius 1 is 1.00 bits per heavy atom. The number of carboxylic acids is 1. The molecule has 0 aliphatic rings. The average Bonchev–Trinajstić information content (AvgIpc) is 3.63. The van der Waals surface area contributed by atoms with Gasteiger partial charge in [0.05, 0.1) is 22.8 Å². The zero-order valence-electron chi connectivity index (χ0n) is 26.1. The predicted octanol–water partition coefficient (Wildman–Crippen LogP) is 8.88. The Kier molecular flexibility index (Phi) is 8.41. The molecule has 0 atom stereocenters. The van der Waals surface area contributed by atoms with Crippen LogP contribution in [0.5, 0.6) is 5.75 Å². The molecule has 9 heteroatoms. The lowest BCUT2D eigenvalue weighted by Crippen LogP contribution is -2.28. The van der Waals surface area contributed by atoms with Crippen LogP contribution < -0.4 is 4.74 Å². The van der Waals surface area contributed by atoms with Crippen LogP contribution >= 0.6 is 23.1 Å². The Bertz CT molecular complexity index is 1970. The maximum Gasteiger partial charge on any atom is 0.309 e. The van der Waals surface area contributed by atoms with E-state index in [4.69, 9.17) is 14.7 Å². The lowest BCUT2D eigenvalue weighted by molar-refractivity contribution is -0.146. The number of pyridine rings is 2. The summed E-state index contributed by atoms with van der Waals surface area (Å²) in [5.74, 6) is -0.194. The fourth-order valence-electron chi connectivity index (χ4n) is 5.21. The van der Waals surface area contributed by atoms with Crippen LogP contribution in [0, 0.1) is 5.41 Å². The summed E-state index contributed by atoms with van der Waals surface area (Å²) >= 11 is 3.35. The predicted molar refractivity (Wildman–Crippen MR) is 183 cm³/mol. The van der Waals surface area contributed by atoms with E-state index < -0.39 is 11.4 Å². The van der Waals surface area contributed by atoms with Gasteiger partial charge in [0.2, 0.25) is 0 Å². The number of thiazole rings is 1. The summed E-state index contributed by atoms with van der Waals surface area (Å²) in [5, 5.41) is 15.1. The van der Waals surface area contributed by atoms with Crippen LogP contribution in [0.1, 0.15) is 51.6 Å². The van der Waals surface area contributed by atoms with Gasteiger partial charge in [0, 0.05) is 56.2 Å². The molecule has 6 aromatic rings. The molecule has 4 heterocycles. The molecular weight excluding hydrogens is 601 g/mol. The number of aromatic nitrogens is 4. The fraction of sp³-hybridized carbons (Fsp3) is 0.278. The van der Waals surface area contributed by atoms with Gasteiger partial charge in [-0.2, -0.15) is 0 Å². The van der Waals surface area contributed by atoms with E-state index in [1.165, 1.54) is 0 Å². The van der Waals surface area contributed by atoms with Crippen LogP contribution in [-0.4, -0.2) is 35.3 Å². The van der Waals surface area contributed by atoms with Crippen molar-refractivity contribution in [3.8, 4) is 16.3 Å². The van der Waals surface area contributed by atoms with Crippen molar-refractivity contribution in [3.05, 3.63) is 101 Å². The first kappa shape index (κ1) is 30.8. The lowest BCUT2D eigenvalue weighted by atomic mass is 9.88. The van der Waals surface area contributed by atoms with E-state index in [1.807, 2.05) is 48.0 Å². The maximum absolute atomic E-state index is 12.3. The minimum Gasteiger partial charge on any atom is -0.486 e. The number of thioether (sulfide) groups is 1. The highest BCUT2D eigenvalue weighted by Gasteiger charge is 2.33. The van der Waals surface area contributed by atoms with Crippen molar-refractivity contribution in [1.29, 1.82) is 0 Å². The standard InChI is InChI=1S/C36H36N4O3S2/c1-35(2,3)45-31-28-18-27(43-22-26-15-14-24-8-6-7-9-29(24)39-26)20-38-32(28)40(30(31)19-36(4,5)34(41)42)21-23-10-12-25(13-11-23)33-37-16-17-44-33/h6-18,20H,19,21-22H2,1-5H3,(H,41,42). The van der Waals surface area contributed by atoms with Crippen LogP contribution in [0.4, 0.5) is 0 Å². The number of hydrogen-bond acceptors (Lipinski definition) is 7. The molecule has 0 radical (unpaired) electrons. The second-order valence-corrected chi connectivity index (χ2v) is 15.5. The summed E-state index contributed by atoms with van der Waals surface area (Å²) in [4.78, 5) is 27.5. The number of carboxylic acid groups (broad SMARTS) is 1. The van der Waals surface area contributed by atoms with Crippen molar-refractivity contribution in [3.63, 3.8) is 0 Å². The molecule has 0 amide bonds. The Morgan fingerprint density at radius 3 is 2.49 bits per heavy atom. The summed E-state index contributed by atoms with van der Waals surface area (Å²) in [6, 6.07) is 22.5. The minimum atomic E-state index is -0.977. The number of rotatable bonds is 10. The second kappa shape index (κ2) is 12.3. The Labute approximate surface area is 271 Å². The molecule has 6 rings (SSSR count). The zero-order valence-corrected chi connectivity index (χ0v) is 27.7. The van der Waals surface area contributed by atoms with Crippen LogP contribution in [0.25, 0.3) is 32.5 Å². The number of para-hydroxylation sites is 1. The lowest BCUT2D eigenvalue weighted by Gasteiger charge is -2.24. The van der Waals surface area contributed by atoms with Gasteiger partial charge >= 0.3 is 5.97 Å². The Hall–Kier alpha value is -4.21. The number of nitrogens with zero attached hydrogens (tertiary/aromatic N) is 4. The van der Waals surface area contributed by atoms with E-state index >= 15 is 0 Å². The molecule has 1 N–H and O–H groups in total. The van der Waals surface area contributed by atoms with Gasteiger partial charge in [-0.25, -0.2) is 15.0 Å². The molecule has 4 aromatic heterocycles. The smallest absolute Gasteiger partial charge is 0.309 e. The molecule has 0 fully saturated rings. The third-order valence-electron chi connectivity index (χ3n) is 7.54. The molecule has 0 aliphatic heterocycles. The van der Waals surface area contributed by atoms with Crippen molar-refractivity contribution in [2.45, 2.75) is 63.8 Å². The molecule has 0 saturated heterocycles. The first-order chi connectivity index (χ1) is 21.5. The molecule has 0 saturated carbocycles. The van der Waals surface area contributed by atoms with Crippen molar-refractivity contribution >= 4 is 51.0 Å². The number of hydrogen-bond donors (Lipinski definition) is 1. The van der Waals surface area contributed by atoms with Gasteiger partial charge in [0.25, 0.3) is 0 Å². The first-order valence-electron chi connectivity index (χ1n) is 14.9. The molecule has 7 nitrogen and oxygen atoms in total. The molecule has 0 aliphatic carbocycles. The van der Waals surface area contributed by atoms with Crippen molar-refractivity contribution in [2.75, 3.05) is 0 Å². The average molecular weight is 637 g/mol. The summed E-state index contributed by atoms with van der Waals surface area (Å²) in [6.45, 7) is 10.9. The Balaban J connectivity index is 1.40. The number of carbonyl (C=O) groups is 1. The van der Waals surface area contributed by atoms with E-state index in [9.17, 15) is 9.90 Å². The fourth-order valence-corrected chi connectivity index (χ4v) is 7.03. The highest BCUT2D eigenvalue weighted by atomic mass is 32.2. The molecule has 45 heavy (non-hydrogen) atoms. The third-order valence-corrected chi connectivity index (χ3v) is 9.64. The molecule has 230 valence electrons. The van der Waals surface area contributed by atoms with E-state index in [0.717, 1.165) is 54.4 Å². The van der Waals surface area contributed by atoms with Gasteiger partial charge in [0.1, 0.15) is 23.0 Å². The SMILES string of the molecule is CC(C)(C)Sc1c(CC(C)(C)C(=O)O)n(Cc2ccc(-c3nccs3)cc2)c2ncc(OCc3ccc4ccccc4n3)cc12. The van der Waals surface area contributed by atoms with E-state index in [2.05, 4.69) is 60.7 Å². The largest absolute Gasteiger partial charge is 0.486 e. The van der Waals surface area contributed by atoms with Crippen molar-refractivity contribution in [1.82, 2.24) is 19.5 Å². The summed E-state index contributed by atoms with van der Waals surface area (Å²) < 4.78 is 8.31. The van der Waals surface area contributed by atoms with Crippen LogP contribution in [-0.2, 0) is 24.4 Å². The third kappa shape index (κ3) is 6.89. The van der Waals surface area contributed by atoms with Crippen LogP contribution in [0.15, 0.2) is 89.4 Å². The molecular formula is C36H36N4O3S2. The van der Waals surface area contributed by atoms with E-state index in [0.29, 0.717) is 25.3 Å². The number of fused-ring (bicyclic) bond motifs is 2. The monoisotopic (exact) mass is 636 g/mol. The van der Waals surface area contributed by atoms with Crippen LogP contribution in [0.3, 0.4) is 0 Å². The quantitative estimate of drug-likeness (QED) is 0.150. The van der Waals surface area contributed by atoms with Gasteiger partial charge in [-0.15, -0.1) is 23.1 Å². The summed E-state index contributed by atoms with van der Waals surface area (Å²) in [7, 11) is 0. The summed E-state index contributed by atoms with van der Waals surface area (Å²) in [5.41, 5.74) is 4.72. The molecule has 0 unspecified atom stereocenters. The molecule has 2 aromatic carbocycles. The zero-order chi connectivity index (χ0) is 31.8. The van der Waals surface area contributed by atoms with Gasteiger partial charge in [-0.3, -0.25) is 4.79 Å². The maximum atomic E-state index is 12.3. The molecule has 0 spiro atoms. The number of benzene rings is 2. The first-order valence-corrected chi connectivity index (χ1v) is 16.6. The minimum absolute atomic E-state index is 0.123.